The standard InChI is InChI=1S/3C24H38N2O4/c3*1-14(2)9-17-13-26-8-7-16-10-21(28-5)22(29-6)11-18(16)19(26)12-20(17)30-24(27)23(25)15(3)4/h3*10-11,14-15,17,19-20,23H,7-9,12-13,25H2,1-6H3/t3*17?,19?,20?,23-/m000/s1/i2*1D3,3D3,4D3,5D3,9D2,10D,11D,12D2,13D2,14D,15D,17D,19D,20D,23D;1D3,3D3,4D3,9D2,10D,11D,12D2,13D2,14D,15D,17D,19D,20D,23D/t3*14?,17?,19?,20?,23-. The fourth-order valence-electron chi connectivity index (χ4n) is 8.39. The molecule has 6 aliphatic rings. The van der Waals surface area contributed by atoms with E-state index in [4.69, 9.17) is 134 Å². The number of hydrogen-bond donors (Lipinski definition) is 3. The summed E-state index contributed by atoms with van der Waals surface area (Å²) in [5.41, 5.74) is 11.9. The maximum absolute atomic E-state index is 14.0. The maximum Gasteiger partial charge on any atom is 0.323 e. The van der Waals surface area contributed by atoms with E-state index in [0.717, 1.165) is 28.4 Å². The van der Waals surface area contributed by atoms with Gasteiger partial charge in [-0.3, -0.25) is 29.1 Å². The van der Waals surface area contributed by atoms with Crippen LogP contribution in [0.3, 0.4) is 0 Å². The zero-order valence-corrected chi connectivity index (χ0v) is 48.7. The number of benzene rings is 3. The molecule has 0 amide bonds. The van der Waals surface area contributed by atoms with E-state index in [-0.39, 0.29) is 14.7 Å². The van der Waals surface area contributed by atoms with E-state index >= 15 is 0 Å². The average molecular weight is 1330 g/mol. The van der Waals surface area contributed by atoms with Gasteiger partial charge >= 0.3 is 17.9 Å². The van der Waals surface area contributed by atoms with Crippen molar-refractivity contribution in [1.82, 2.24) is 14.7 Å². The first-order valence-electron chi connectivity index (χ1n) is 63.3. The quantitative estimate of drug-likeness (QED) is 0.0666. The van der Waals surface area contributed by atoms with Gasteiger partial charge in [0.2, 0.25) is 0 Å². The summed E-state index contributed by atoms with van der Waals surface area (Å²) in [7, 11) is -2.93. The molecule has 6 aliphatic heterocycles. The van der Waals surface area contributed by atoms with Gasteiger partial charge in [0.15, 0.2) is 34.5 Å². The lowest BCUT2D eigenvalue weighted by molar-refractivity contribution is -0.161. The van der Waals surface area contributed by atoms with Crippen molar-refractivity contribution >= 4 is 17.9 Å². The summed E-state index contributed by atoms with van der Waals surface area (Å²) < 4.78 is 679. The Kier molecular flexibility index (Phi) is 7.78. The van der Waals surface area contributed by atoms with Crippen molar-refractivity contribution in [2.75, 3.05) is 81.6 Å². The number of hydrogen-bond acceptors (Lipinski definition) is 18. The van der Waals surface area contributed by atoms with Crippen molar-refractivity contribution in [1.29, 1.82) is 0 Å². The number of fused-ring (bicyclic) bond motifs is 9. The molecule has 15 atom stereocenters. The molecule has 0 aliphatic carbocycles. The molecule has 3 aromatic carbocycles. The highest BCUT2D eigenvalue weighted by molar-refractivity contribution is 5.77. The zero-order chi connectivity index (χ0) is 131. The number of nitrogens with zero attached hydrogens (tertiary/aromatic N) is 3. The molecule has 0 saturated carbocycles. The summed E-state index contributed by atoms with van der Waals surface area (Å²) >= 11 is 0. The van der Waals surface area contributed by atoms with Gasteiger partial charge in [0, 0.05) is 168 Å². The number of carbonyl (C=O) groups is 3. The number of carbonyl (C=O) groups excluding carboxylic acids is 3. The van der Waals surface area contributed by atoms with Crippen molar-refractivity contribution < 1.29 is 160 Å². The summed E-state index contributed by atoms with van der Waals surface area (Å²) in [6.45, 7) is -51.8. The highest BCUT2D eigenvalue weighted by Crippen LogP contribution is 2.48. The van der Waals surface area contributed by atoms with Gasteiger partial charge in [-0.2, -0.15) is 0 Å². The van der Waals surface area contributed by atoms with Crippen LogP contribution in [0.1, 0.15) is 275 Å². The molecule has 6 heterocycles. The van der Waals surface area contributed by atoms with E-state index in [1.54, 1.807) is 0 Å². The van der Waals surface area contributed by atoms with Crippen LogP contribution in [0.25, 0.3) is 0 Å². The van der Waals surface area contributed by atoms with E-state index in [0.29, 0.717) is 20.8 Å². The SMILES string of the molecule is [2H]c1c2c(c([2H])c(OC)c1OC([2H])([2H])[2H])C1([2H])N(CC2)C([2H])([2H])C([2H])(C([2H])([2H])C([2H])(C)C([2H])([2H])[2H])C([2H])(OC(=O)[C@@]([2H])(N)C([2H])(C([2H])([2H])[2H])C([2H])([2H])[2H])C1([2H])[2H].[2H]c1c2c(c([2H])c(OC)c1OC([2H])([2H])[2H])C1([2H])N(CC2)C([2H])([2H])C([2H])(C([2H])([2H])C([2H])(C)C([2H])([2H])[2H])C([2H])(OC(=O)[C@@]([2H])(N)C([2H])(C([2H])([2H])[2H])C([2H])([2H])[2H])C1([2H])[2H].[2H]c1c2c(c([2H])c(OC)c1OC)C1([2H])N(CC2)C([2H])([2H])C([2H])(C([2H])([2H])C([2H])(C)C([2H])([2H])[2H])C([2H])(OC(=O)[C@@]([2H])(N)C([2H])(C([2H])([2H])[2H])C([2H])([2H])[2H])C1([2H])[2H]. The minimum Gasteiger partial charge on any atom is -0.493 e. The largest absolute Gasteiger partial charge is 0.493 e. The molecular formula is C72H114N6O12. The van der Waals surface area contributed by atoms with Gasteiger partial charge in [-0.25, -0.2) is 0 Å². The molecule has 12 unspecified atom stereocenters. The molecule has 3 saturated heterocycles. The Bertz CT molecular complexity index is 6040. The summed E-state index contributed by atoms with van der Waals surface area (Å²) in [4.78, 5) is 42.1. The molecule has 504 valence electrons. The third-order valence-corrected chi connectivity index (χ3v) is 12.4. The van der Waals surface area contributed by atoms with Crippen LogP contribution >= 0.6 is 0 Å². The van der Waals surface area contributed by atoms with E-state index in [2.05, 4.69) is 0 Å². The first-order chi connectivity index (χ1) is 71.9. The highest BCUT2D eigenvalue weighted by atomic mass is 16.6. The lowest BCUT2D eigenvalue weighted by atomic mass is 9.79. The van der Waals surface area contributed by atoms with Crippen molar-refractivity contribution in [3.8, 4) is 34.5 Å². The third kappa shape index (κ3) is 17.5. The Balaban J connectivity index is 0.000000332. The number of piperidine rings is 3. The molecule has 9 rings (SSSR count). The van der Waals surface area contributed by atoms with Gasteiger partial charge in [-0.15, -0.1) is 0 Å². The van der Waals surface area contributed by atoms with Crippen LogP contribution in [0, 0.1) is 53.0 Å². The van der Waals surface area contributed by atoms with E-state index in [9.17, 15) is 43.2 Å². The second kappa shape index (κ2) is 32.5. The van der Waals surface area contributed by atoms with Crippen molar-refractivity contribution in [2.24, 2.45) is 70.2 Å². The van der Waals surface area contributed by atoms with Gasteiger partial charge in [-0.1, -0.05) is 82.4 Å². The first-order valence-corrected chi connectivity index (χ1v) is 25.8. The van der Waals surface area contributed by atoms with Crippen molar-refractivity contribution in [3.63, 3.8) is 0 Å². The van der Waals surface area contributed by atoms with Crippen LogP contribution in [0.15, 0.2) is 36.3 Å². The van der Waals surface area contributed by atoms with Crippen LogP contribution in [0.2, 0.25) is 0 Å². The molecule has 0 radical (unpaired) electrons. The summed E-state index contributed by atoms with van der Waals surface area (Å²) in [6, 6.07) is -30.9. The predicted molar refractivity (Wildman–Crippen MR) is 353 cm³/mol. The Hall–Kier alpha value is -5.37. The van der Waals surface area contributed by atoms with Gasteiger partial charge in [0.1, 0.15) is 36.3 Å². The lowest BCUT2D eigenvalue weighted by Crippen LogP contribution is -2.51. The molecule has 0 aromatic heterocycles. The molecule has 6 N–H and O–H groups in total. The van der Waals surface area contributed by atoms with Gasteiger partial charge in [-0.05, 0) is 143 Å². The normalized spacial score (nSPS) is 53.2. The predicted octanol–water partition coefficient (Wildman–Crippen LogP) is 10.7. The number of esters is 3. The maximum atomic E-state index is 14.0. The number of ether oxygens (including phenoxy) is 9. The molecule has 3 fully saturated rings. The van der Waals surface area contributed by atoms with Gasteiger partial charge < -0.3 is 59.8 Å². The monoisotopic (exact) mass is 1330 g/mol. The second-order valence-electron chi connectivity index (χ2n) is 18.7. The van der Waals surface area contributed by atoms with Crippen LogP contribution in [-0.2, 0) is 47.9 Å². The van der Waals surface area contributed by atoms with E-state index in [1.807, 2.05) is 0 Å². The molecule has 90 heavy (non-hydrogen) atoms. The minimum absolute atomic E-state index is 0.0145. The van der Waals surface area contributed by atoms with Crippen molar-refractivity contribution in [3.05, 3.63) is 69.6 Å². The van der Waals surface area contributed by atoms with E-state index in [1.165, 1.54) is 0 Å². The van der Waals surface area contributed by atoms with Crippen LogP contribution in [0.5, 0.6) is 34.5 Å². The number of nitrogens with two attached hydrogens (primary N) is 3. The Labute approximate surface area is 644 Å². The zero-order valence-electron chi connectivity index (χ0n) is 124. The van der Waals surface area contributed by atoms with Gasteiger partial charge in [0.25, 0.3) is 0 Å². The second-order valence-corrected chi connectivity index (χ2v) is 18.7. The molecule has 18 heteroatoms. The minimum atomic E-state index is -4.93. The molecule has 3 aromatic rings. The third-order valence-electron chi connectivity index (χ3n) is 12.4. The topological polar surface area (TPSA) is 222 Å². The number of rotatable bonds is 21. The first kappa shape index (κ1) is 21.6. The Morgan fingerprint density at radius 3 is 1.00 bits per heavy atom. The fourth-order valence-corrected chi connectivity index (χ4v) is 8.39. The Morgan fingerprint density at radius 2 is 0.756 bits per heavy atom. The summed E-state index contributed by atoms with van der Waals surface area (Å²) in [5.74, 6) is -52.2. The number of methoxy groups -OCH3 is 6. The molecule has 0 spiro atoms. The van der Waals surface area contributed by atoms with E-state index < -0.39 is 402 Å². The van der Waals surface area contributed by atoms with Crippen LogP contribution in [-0.4, -0.2) is 151 Å². The smallest absolute Gasteiger partial charge is 0.323 e. The highest BCUT2D eigenvalue weighted by Gasteiger charge is 2.45. The lowest BCUT2D eigenvalue weighted by Gasteiger charge is -2.47. The van der Waals surface area contributed by atoms with Gasteiger partial charge in [0.05, 0.1) is 71.3 Å². The van der Waals surface area contributed by atoms with Crippen LogP contribution < -0.4 is 45.6 Å². The molecule has 0 bridgehead atoms. The van der Waals surface area contributed by atoms with Crippen molar-refractivity contribution in [2.45, 2.75) is 194 Å². The molecular weight excluding hydrogens is 1140 g/mol. The average Bonchev–Trinajstić information content (AvgIpc) is 0.642. The van der Waals surface area contributed by atoms with Crippen LogP contribution in [0.4, 0.5) is 0 Å². The Morgan fingerprint density at radius 1 is 0.489 bits per heavy atom. The summed E-state index contributed by atoms with van der Waals surface area (Å²) in [6.07, 6.45) is -43.6. The molecule has 18 nitrogen and oxygen atoms in total. The summed E-state index contributed by atoms with van der Waals surface area (Å²) in [5, 5.41) is 0. The fraction of sp³-hybridized carbons (Fsp3) is 0.708.